The third-order valence-corrected chi connectivity index (χ3v) is 5.57. The number of likely N-dealkylation sites (tertiary alicyclic amines) is 1. The van der Waals surface area contributed by atoms with Crippen LogP contribution in [0.15, 0.2) is 18.2 Å². The highest BCUT2D eigenvalue weighted by molar-refractivity contribution is 6.33. The molecule has 0 aromatic heterocycles. The van der Waals surface area contributed by atoms with Gasteiger partial charge in [0.25, 0.3) is 5.91 Å². The molecule has 3 saturated heterocycles. The van der Waals surface area contributed by atoms with E-state index in [0.717, 1.165) is 24.1 Å². The molecule has 3 heterocycles. The van der Waals surface area contributed by atoms with Gasteiger partial charge in [-0.2, -0.15) is 18.4 Å². The molecule has 0 spiro atoms. The van der Waals surface area contributed by atoms with Crippen molar-refractivity contribution < 1.29 is 37.1 Å². The van der Waals surface area contributed by atoms with Crippen molar-refractivity contribution in [2.24, 2.45) is 0 Å². The number of halogens is 3. The number of nitriles is 1. The van der Waals surface area contributed by atoms with Gasteiger partial charge in [-0.15, -0.1) is 0 Å². The van der Waals surface area contributed by atoms with Gasteiger partial charge in [0.2, 0.25) is 0 Å². The van der Waals surface area contributed by atoms with Gasteiger partial charge >= 0.3 is 24.1 Å². The molecular formula is C18H13F3N4O5. The zero-order valence-electron chi connectivity index (χ0n) is 15.3. The van der Waals surface area contributed by atoms with Gasteiger partial charge in [-0.1, -0.05) is 0 Å². The van der Waals surface area contributed by atoms with Crippen LogP contribution in [0.25, 0.3) is 0 Å². The predicted molar refractivity (Wildman–Crippen MR) is 90.6 cm³/mol. The molecule has 2 bridgehead atoms. The van der Waals surface area contributed by atoms with E-state index in [-0.39, 0.29) is 18.7 Å². The van der Waals surface area contributed by atoms with Gasteiger partial charge in [0, 0.05) is 6.54 Å². The first-order chi connectivity index (χ1) is 14.1. The van der Waals surface area contributed by atoms with E-state index >= 15 is 0 Å². The van der Waals surface area contributed by atoms with Crippen LogP contribution in [0.3, 0.4) is 0 Å². The molecule has 0 aliphatic carbocycles. The first kappa shape index (κ1) is 19.7. The highest BCUT2D eigenvalue weighted by atomic mass is 19.4. The molecule has 1 unspecified atom stereocenters. The number of piperazine rings is 1. The lowest BCUT2D eigenvalue weighted by Crippen LogP contribution is -2.56. The van der Waals surface area contributed by atoms with Gasteiger partial charge in [-0.3, -0.25) is 9.59 Å². The number of imide groups is 1. The van der Waals surface area contributed by atoms with Gasteiger partial charge in [-0.25, -0.2) is 14.5 Å². The molecule has 4 rings (SSSR count). The summed E-state index contributed by atoms with van der Waals surface area (Å²) in [4.78, 5) is 52.6. The average Bonchev–Trinajstić information content (AvgIpc) is 3.37. The molecule has 3 aliphatic heterocycles. The van der Waals surface area contributed by atoms with Crippen molar-refractivity contribution in [3.63, 3.8) is 0 Å². The molecule has 30 heavy (non-hydrogen) atoms. The normalized spacial score (nSPS) is 24.9. The summed E-state index contributed by atoms with van der Waals surface area (Å²) in [7, 11) is 1.04. The molecule has 1 aromatic rings. The smallest absolute Gasteiger partial charge is 0.417 e. The Bertz CT molecular complexity index is 1030. The summed E-state index contributed by atoms with van der Waals surface area (Å²) in [6.07, 6.45) is -4.58. The minimum Gasteiger partial charge on any atom is -0.462 e. The quantitative estimate of drug-likeness (QED) is 0.377. The van der Waals surface area contributed by atoms with Crippen LogP contribution >= 0.6 is 0 Å². The third-order valence-electron chi connectivity index (χ3n) is 5.57. The first-order valence-electron chi connectivity index (χ1n) is 8.76. The fraction of sp³-hybridized carbons (Fsp3) is 0.389. The number of fused-ring (bicyclic) bond motifs is 5. The summed E-state index contributed by atoms with van der Waals surface area (Å²) in [5, 5.41) is 8.92. The number of urea groups is 1. The van der Waals surface area contributed by atoms with Crippen LogP contribution < -0.4 is 4.90 Å². The van der Waals surface area contributed by atoms with E-state index in [4.69, 9.17) is 5.26 Å². The molecular weight excluding hydrogens is 409 g/mol. The van der Waals surface area contributed by atoms with Crippen LogP contribution in [0.1, 0.15) is 17.5 Å². The van der Waals surface area contributed by atoms with Crippen LogP contribution in [0.4, 0.5) is 23.7 Å². The van der Waals surface area contributed by atoms with Crippen LogP contribution in [0, 0.1) is 11.3 Å². The number of rotatable bonds is 1. The second kappa shape index (κ2) is 6.45. The molecule has 3 aliphatic rings. The minimum atomic E-state index is -4.86. The van der Waals surface area contributed by atoms with Crippen molar-refractivity contribution in [3.05, 3.63) is 29.3 Å². The maximum Gasteiger partial charge on any atom is 0.417 e. The number of amides is 4. The van der Waals surface area contributed by atoms with E-state index in [0.29, 0.717) is 11.0 Å². The summed E-state index contributed by atoms with van der Waals surface area (Å²) >= 11 is 0. The van der Waals surface area contributed by atoms with E-state index in [1.54, 1.807) is 0 Å². The van der Waals surface area contributed by atoms with Gasteiger partial charge in [-0.05, 0) is 24.6 Å². The molecule has 0 radical (unpaired) electrons. The van der Waals surface area contributed by atoms with E-state index in [2.05, 4.69) is 4.74 Å². The van der Waals surface area contributed by atoms with Crippen LogP contribution in [0.2, 0.25) is 0 Å². The second-order valence-corrected chi connectivity index (χ2v) is 7.05. The van der Waals surface area contributed by atoms with Gasteiger partial charge in [0.05, 0.1) is 42.1 Å². The first-order valence-corrected chi connectivity index (χ1v) is 8.76. The summed E-state index contributed by atoms with van der Waals surface area (Å²) in [6.45, 7) is 0.0170. The second-order valence-electron chi connectivity index (χ2n) is 7.05. The largest absolute Gasteiger partial charge is 0.462 e. The van der Waals surface area contributed by atoms with E-state index < -0.39 is 59.2 Å². The van der Waals surface area contributed by atoms with Crippen molar-refractivity contribution in [3.8, 4) is 6.07 Å². The molecule has 3 atom stereocenters. The number of carbonyl (C=O) groups excluding carboxylic acids is 4. The molecule has 9 nitrogen and oxygen atoms in total. The average molecular weight is 422 g/mol. The number of alkyl halides is 3. The molecule has 0 N–H and O–H groups in total. The number of methoxy groups -OCH3 is 1. The zero-order valence-corrected chi connectivity index (χ0v) is 15.3. The van der Waals surface area contributed by atoms with Crippen LogP contribution in [-0.4, -0.2) is 65.4 Å². The molecule has 0 saturated carbocycles. The Kier molecular flexibility index (Phi) is 4.23. The Hall–Kier alpha value is -3.62. The number of nitrogens with zero attached hydrogens (tertiary/aromatic N) is 4. The number of esters is 1. The summed E-state index contributed by atoms with van der Waals surface area (Å²) in [5.41, 5.74) is -2.22. The third kappa shape index (κ3) is 2.62. The van der Waals surface area contributed by atoms with Crippen molar-refractivity contribution >= 4 is 29.5 Å². The van der Waals surface area contributed by atoms with E-state index in [9.17, 15) is 32.3 Å². The van der Waals surface area contributed by atoms with Gasteiger partial charge < -0.3 is 14.5 Å². The molecule has 1 aromatic carbocycles. The predicted octanol–water partition coefficient (Wildman–Crippen LogP) is 0.870. The zero-order chi connectivity index (χ0) is 22.0. The van der Waals surface area contributed by atoms with Crippen LogP contribution in [-0.2, 0) is 25.3 Å². The molecule has 3 fully saturated rings. The van der Waals surface area contributed by atoms with Crippen molar-refractivity contribution in [2.75, 3.05) is 18.6 Å². The summed E-state index contributed by atoms with van der Waals surface area (Å²) in [6, 6.07) is 0.767. The Balaban J connectivity index is 1.68. The van der Waals surface area contributed by atoms with E-state index in [1.165, 1.54) is 11.0 Å². The lowest BCUT2D eigenvalue weighted by molar-refractivity contribution is -0.160. The fourth-order valence-corrected chi connectivity index (χ4v) is 4.34. The number of ether oxygens (including phenoxy) is 1. The van der Waals surface area contributed by atoms with Gasteiger partial charge in [0.1, 0.15) is 6.04 Å². The number of benzene rings is 1. The molecule has 12 heteroatoms. The maximum absolute atomic E-state index is 13.3. The highest BCUT2D eigenvalue weighted by Crippen LogP contribution is 2.43. The van der Waals surface area contributed by atoms with E-state index in [1.807, 2.05) is 0 Å². The number of hydrogen-bond donors (Lipinski definition) is 0. The Labute approximate surface area is 167 Å². The summed E-state index contributed by atoms with van der Waals surface area (Å²) in [5.74, 6) is -2.85. The number of carbonyl (C=O) groups is 4. The number of anilines is 1. The number of hydrogen-bond acceptors (Lipinski definition) is 6. The summed E-state index contributed by atoms with van der Waals surface area (Å²) < 4.78 is 44.2. The SMILES string of the molecule is COC(=O)C(=O)N1C[C@H]2CC1[C@@H]1C(=O)N(c3ccc(C#N)c(C(F)(F)F)c3)C(=O)N21. The monoisotopic (exact) mass is 422 g/mol. The standard InChI is InChI=1S/C18H13F3N4O5/c1-30-16(28)15(27)23-7-10-5-12(23)13-14(26)25(17(29)24(10)13)9-3-2-8(6-22)11(4-9)18(19,20)21/h2-4,10,12-13H,5,7H2,1H3/t10-,12?,13-/m1/s1. The topological polar surface area (TPSA) is 111 Å². The van der Waals surface area contributed by atoms with Gasteiger partial charge in [0.15, 0.2) is 0 Å². The van der Waals surface area contributed by atoms with Crippen molar-refractivity contribution in [1.82, 2.24) is 9.80 Å². The van der Waals surface area contributed by atoms with Crippen LogP contribution in [0.5, 0.6) is 0 Å². The Morgan fingerprint density at radius 2 is 1.97 bits per heavy atom. The maximum atomic E-state index is 13.3. The Morgan fingerprint density at radius 3 is 2.57 bits per heavy atom. The lowest BCUT2D eigenvalue weighted by Gasteiger charge is -2.34. The fourth-order valence-electron chi connectivity index (χ4n) is 4.34. The minimum absolute atomic E-state index is 0.0170. The lowest BCUT2D eigenvalue weighted by atomic mass is 10.1. The van der Waals surface area contributed by atoms with Crippen molar-refractivity contribution in [1.29, 1.82) is 5.26 Å². The molecule has 156 valence electrons. The molecule has 4 amide bonds. The Morgan fingerprint density at radius 1 is 1.27 bits per heavy atom. The highest BCUT2D eigenvalue weighted by Gasteiger charge is 2.63. The van der Waals surface area contributed by atoms with Crippen molar-refractivity contribution in [2.45, 2.75) is 30.7 Å².